The van der Waals surface area contributed by atoms with Crippen molar-refractivity contribution in [3.63, 3.8) is 0 Å². The second-order valence-electron chi connectivity index (χ2n) is 2.84. The lowest BCUT2D eigenvalue weighted by Crippen LogP contribution is -2.02. The summed E-state index contributed by atoms with van der Waals surface area (Å²) in [7, 11) is 0. The van der Waals surface area contributed by atoms with E-state index in [1.807, 2.05) is 0 Å². The number of rotatable bonds is 3. The Morgan fingerprint density at radius 3 is 2.81 bits per heavy atom. The quantitative estimate of drug-likeness (QED) is 0.835. The van der Waals surface area contributed by atoms with Crippen molar-refractivity contribution in [1.82, 2.24) is 15.0 Å². The van der Waals surface area contributed by atoms with E-state index in [1.54, 1.807) is 18.3 Å². The summed E-state index contributed by atoms with van der Waals surface area (Å²) in [6.07, 6.45) is 5.58. The number of pyridine rings is 1. The van der Waals surface area contributed by atoms with Crippen LogP contribution >= 0.6 is 0 Å². The minimum atomic E-state index is -1.15. The molecule has 6 heteroatoms. The fraction of sp³-hybridized carbons (Fsp3) is 0. The summed E-state index contributed by atoms with van der Waals surface area (Å²) < 4.78 is 5.27. The zero-order valence-electron chi connectivity index (χ0n) is 8.07. The number of aromatic carboxylic acids is 1. The highest BCUT2D eigenvalue weighted by molar-refractivity contribution is 5.84. The van der Waals surface area contributed by atoms with Crippen molar-refractivity contribution in [2.24, 2.45) is 0 Å². The van der Waals surface area contributed by atoms with Crippen molar-refractivity contribution >= 4 is 5.97 Å². The van der Waals surface area contributed by atoms with Crippen LogP contribution in [0.25, 0.3) is 0 Å². The van der Waals surface area contributed by atoms with Crippen LogP contribution in [0, 0.1) is 0 Å². The molecular formula is C10H7N3O3. The van der Waals surface area contributed by atoms with Gasteiger partial charge in [-0.25, -0.2) is 9.78 Å². The Hall–Kier alpha value is -2.50. The van der Waals surface area contributed by atoms with Gasteiger partial charge in [0.1, 0.15) is 5.75 Å². The molecule has 0 amide bonds. The Morgan fingerprint density at radius 2 is 2.12 bits per heavy atom. The first-order valence-corrected chi connectivity index (χ1v) is 4.39. The minimum Gasteiger partial charge on any atom is -0.476 e. The van der Waals surface area contributed by atoms with Gasteiger partial charge in [0, 0.05) is 6.20 Å². The number of carboxylic acids is 1. The zero-order valence-corrected chi connectivity index (χ0v) is 8.07. The molecule has 2 aromatic heterocycles. The molecule has 0 saturated carbocycles. The van der Waals surface area contributed by atoms with Crippen molar-refractivity contribution in [1.29, 1.82) is 0 Å². The second-order valence-corrected chi connectivity index (χ2v) is 2.84. The van der Waals surface area contributed by atoms with Crippen LogP contribution in [0.3, 0.4) is 0 Å². The molecule has 0 saturated heterocycles. The number of aromatic nitrogens is 3. The Bertz CT molecular complexity index is 502. The van der Waals surface area contributed by atoms with E-state index in [4.69, 9.17) is 9.84 Å². The lowest BCUT2D eigenvalue weighted by atomic mass is 10.4. The molecule has 0 atom stereocenters. The minimum absolute atomic E-state index is 0.118. The molecule has 6 nitrogen and oxygen atoms in total. The number of carboxylic acid groups (broad SMARTS) is 1. The molecule has 0 spiro atoms. The summed E-state index contributed by atoms with van der Waals surface area (Å²) in [5, 5.41) is 8.70. The summed E-state index contributed by atoms with van der Waals surface area (Å²) in [5.74, 6) is -0.559. The fourth-order valence-electron chi connectivity index (χ4n) is 1.03. The topological polar surface area (TPSA) is 85.2 Å². The Morgan fingerprint density at radius 1 is 1.25 bits per heavy atom. The van der Waals surface area contributed by atoms with Gasteiger partial charge in [0.05, 0.1) is 18.6 Å². The Kier molecular flexibility index (Phi) is 2.73. The highest BCUT2D eigenvalue weighted by atomic mass is 16.5. The molecule has 80 valence electrons. The SMILES string of the molecule is O=C(O)c1cncc(Oc2cccnc2)n1. The number of hydrogen-bond acceptors (Lipinski definition) is 5. The Balaban J connectivity index is 2.22. The van der Waals surface area contributed by atoms with Gasteiger partial charge in [-0.3, -0.25) is 9.97 Å². The normalized spacial score (nSPS) is 9.75. The van der Waals surface area contributed by atoms with Crippen molar-refractivity contribution in [3.8, 4) is 11.6 Å². The summed E-state index contributed by atoms with van der Waals surface area (Å²) >= 11 is 0. The molecule has 0 fully saturated rings. The van der Waals surface area contributed by atoms with Gasteiger partial charge in [-0.2, -0.15) is 0 Å². The van der Waals surface area contributed by atoms with Gasteiger partial charge in [-0.1, -0.05) is 0 Å². The molecule has 0 aliphatic carbocycles. The van der Waals surface area contributed by atoms with Crippen molar-refractivity contribution in [3.05, 3.63) is 42.6 Å². The van der Waals surface area contributed by atoms with E-state index in [2.05, 4.69) is 15.0 Å². The standard InChI is InChI=1S/C10H7N3O3/c14-10(15)8-5-12-6-9(13-8)16-7-2-1-3-11-4-7/h1-6H,(H,14,15). The highest BCUT2D eigenvalue weighted by Crippen LogP contribution is 2.16. The molecule has 16 heavy (non-hydrogen) atoms. The molecule has 2 aromatic rings. The second kappa shape index (κ2) is 4.35. The largest absolute Gasteiger partial charge is 0.476 e. The van der Waals surface area contributed by atoms with E-state index < -0.39 is 5.97 Å². The summed E-state index contributed by atoms with van der Waals surface area (Å²) in [4.78, 5) is 22.0. The van der Waals surface area contributed by atoms with Crippen LogP contribution in [0.1, 0.15) is 10.5 Å². The predicted molar refractivity (Wildman–Crippen MR) is 53.3 cm³/mol. The molecule has 0 unspecified atom stereocenters. The van der Waals surface area contributed by atoms with Crippen LogP contribution in [0.5, 0.6) is 11.6 Å². The first-order valence-electron chi connectivity index (χ1n) is 4.39. The van der Waals surface area contributed by atoms with Crippen LogP contribution in [0.4, 0.5) is 0 Å². The molecule has 2 rings (SSSR count). The zero-order chi connectivity index (χ0) is 11.4. The van der Waals surface area contributed by atoms with Crippen molar-refractivity contribution in [2.45, 2.75) is 0 Å². The van der Waals surface area contributed by atoms with E-state index in [0.29, 0.717) is 5.75 Å². The molecular weight excluding hydrogens is 210 g/mol. The first kappa shape index (κ1) is 10.0. The van der Waals surface area contributed by atoms with Crippen LogP contribution in [-0.2, 0) is 0 Å². The molecule has 2 heterocycles. The lowest BCUT2D eigenvalue weighted by molar-refractivity contribution is 0.0689. The van der Waals surface area contributed by atoms with Crippen LogP contribution < -0.4 is 4.74 Å². The van der Waals surface area contributed by atoms with E-state index in [1.165, 1.54) is 12.4 Å². The molecule has 0 aliphatic rings. The number of hydrogen-bond donors (Lipinski definition) is 1. The fourth-order valence-corrected chi connectivity index (χ4v) is 1.03. The number of ether oxygens (including phenoxy) is 1. The average molecular weight is 217 g/mol. The Labute approximate surface area is 90.6 Å². The van der Waals surface area contributed by atoms with E-state index in [0.717, 1.165) is 6.20 Å². The molecule has 1 N–H and O–H groups in total. The van der Waals surface area contributed by atoms with Gasteiger partial charge >= 0.3 is 5.97 Å². The summed E-state index contributed by atoms with van der Waals surface area (Å²) in [6.45, 7) is 0. The predicted octanol–water partition coefficient (Wildman–Crippen LogP) is 1.36. The van der Waals surface area contributed by atoms with Crippen molar-refractivity contribution < 1.29 is 14.6 Å². The third-order valence-electron chi connectivity index (χ3n) is 1.69. The average Bonchev–Trinajstić information content (AvgIpc) is 2.30. The van der Waals surface area contributed by atoms with Gasteiger partial charge in [0.15, 0.2) is 5.69 Å². The first-order chi connectivity index (χ1) is 7.75. The van der Waals surface area contributed by atoms with E-state index >= 15 is 0 Å². The van der Waals surface area contributed by atoms with E-state index in [9.17, 15) is 4.79 Å². The maximum atomic E-state index is 10.6. The van der Waals surface area contributed by atoms with Crippen LogP contribution in [-0.4, -0.2) is 26.0 Å². The summed E-state index contributed by atoms with van der Waals surface area (Å²) in [6, 6.07) is 3.38. The van der Waals surface area contributed by atoms with Gasteiger partial charge < -0.3 is 9.84 Å². The number of nitrogens with zero attached hydrogens (tertiary/aromatic N) is 3. The van der Waals surface area contributed by atoms with Crippen LogP contribution in [0.2, 0.25) is 0 Å². The third kappa shape index (κ3) is 2.30. The number of carbonyl (C=O) groups is 1. The summed E-state index contributed by atoms with van der Waals surface area (Å²) in [5.41, 5.74) is -0.165. The molecule has 0 aromatic carbocycles. The molecule has 0 bridgehead atoms. The highest BCUT2D eigenvalue weighted by Gasteiger charge is 2.07. The van der Waals surface area contributed by atoms with Gasteiger partial charge in [-0.05, 0) is 12.1 Å². The van der Waals surface area contributed by atoms with Crippen LogP contribution in [0.15, 0.2) is 36.9 Å². The smallest absolute Gasteiger partial charge is 0.356 e. The van der Waals surface area contributed by atoms with E-state index in [-0.39, 0.29) is 11.6 Å². The monoisotopic (exact) mass is 217 g/mol. The molecule has 0 radical (unpaired) electrons. The third-order valence-corrected chi connectivity index (χ3v) is 1.69. The lowest BCUT2D eigenvalue weighted by Gasteiger charge is -2.03. The molecule has 0 aliphatic heterocycles. The van der Waals surface area contributed by atoms with Gasteiger partial charge in [0.2, 0.25) is 5.88 Å². The van der Waals surface area contributed by atoms with Gasteiger partial charge in [0.25, 0.3) is 0 Å². The van der Waals surface area contributed by atoms with Gasteiger partial charge in [-0.15, -0.1) is 0 Å². The maximum Gasteiger partial charge on any atom is 0.356 e. The maximum absolute atomic E-state index is 10.6. The van der Waals surface area contributed by atoms with Crippen molar-refractivity contribution in [2.75, 3.05) is 0 Å².